The number of carbonyl (C=O) groups is 2. The SMILES string of the molecule is FC(F)(F)c1ccc(OC2CNCCc3ccccc32)cc1.O=C(O)C(=O)O. The molecular weight excluding hydrogens is 379 g/mol. The number of rotatable bonds is 2. The Morgan fingerprint density at radius 1 is 1.00 bits per heavy atom. The van der Waals surface area contributed by atoms with Crippen LogP contribution in [0.15, 0.2) is 48.5 Å². The molecule has 0 amide bonds. The highest BCUT2D eigenvalue weighted by atomic mass is 19.4. The van der Waals surface area contributed by atoms with E-state index in [9.17, 15) is 13.2 Å². The predicted octanol–water partition coefficient (Wildman–Crippen LogP) is 3.13. The zero-order chi connectivity index (χ0) is 20.7. The van der Waals surface area contributed by atoms with Crippen molar-refractivity contribution in [2.45, 2.75) is 18.7 Å². The van der Waals surface area contributed by atoms with Gasteiger partial charge in [0.1, 0.15) is 11.9 Å². The Labute approximate surface area is 158 Å². The van der Waals surface area contributed by atoms with Crippen molar-refractivity contribution in [3.63, 3.8) is 0 Å². The van der Waals surface area contributed by atoms with Crippen LogP contribution in [0.1, 0.15) is 22.8 Å². The molecular formula is C19H18F3NO5. The third-order valence-corrected chi connectivity index (χ3v) is 3.95. The van der Waals surface area contributed by atoms with Crippen molar-refractivity contribution in [2.75, 3.05) is 13.1 Å². The average Bonchev–Trinajstić information content (AvgIpc) is 2.84. The van der Waals surface area contributed by atoms with Crippen LogP contribution in [0.2, 0.25) is 0 Å². The molecule has 0 bridgehead atoms. The summed E-state index contributed by atoms with van der Waals surface area (Å²) in [5.74, 6) is -3.21. The Bertz CT molecular complexity index is 809. The Morgan fingerprint density at radius 2 is 1.61 bits per heavy atom. The number of hydrogen-bond acceptors (Lipinski definition) is 4. The first-order valence-corrected chi connectivity index (χ1v) is 8.27. The van der Waals surface area contributed by atoms with E-state index < -0.39 is 23.7 Å². The fourth-order valence-electron chi connectivity index (χ4n) is 2.63. The van der Waals surface area contributed by atoms with Gasteiger partial charge in [-0.3, -0.25) is 0 Å². The summed E-state index contributed by atoms with van der Waals surface area (Å²) in [6.45, 7) is 1.50. The van der Waals surface area contributed by atoms with Crippen molar-refractivity contribution in [1.29, 1.82) is 0 Å². The molecule has 0 aromatic heterocycles. The summed E-state index contributed by atoms with van der Waals surface area (Å²) in [4.78, 5) is 18.2. The minimum Gasteiger partial charge on any atom is -0.484 e. The maximum Gasteiger partial charge on any atom is 0.416 e. The van der Waals surface area contributed by atoms with Gasteiger partial charge in [0, 0.05) is 6.54 Å². The number of halogens is 3. The van der Waals surface area contributed by atoms with Crippen LogP contribution in [-0.2, 0) is 22.2 Å². The monoisotopic (exact) mass is 397 g/mol. The maximum atomic E-state index is 12.6. The van der Waals surface area contributed by atoms with Gasteiger partial charge in [-0.15, -0.1) is 0 Å². The van der Waals surface area contributed by atoms with Gasteiger partial charge in [-0.1, -0.05) is 24.3 Å². The number of hydrogen-bond donors (Lipinski definition) is 3. The van der Waals surface area contributed by atoms with Crippen LogP contribution in [-0.4, -0.2) is 35.2 Å². The van der Waals surface area contributed by atoms with Crippen LogP contribution in [0.3, 0.4) is 0 Å². The van der Waals surface area contributed by atoms with Gasteiger partial charge in [0.2, 0.25) is 0 Å². The van der Waals surface area contributed by atoms with Crippen molar-refractivity contribution < 1.29 is 37.7 Å². The van der Waals surface area contributed by atoms with Crippen molar-refractivity contribution in [2.24, 2.45) is 0 Å². The first kappa shape index (κ1) is 21.2. The van der Waals surface area contributed by atoms with Crippen LogP contribution in [0.5, 0.6) is 5.75 Å². The van der Waals surface area contributed by atoms with E-state index in [1.165, 1.54) is 17.7 Å². The fourth-order valence-corrected chi connectivity index (χ4v) is 2.63. The lowest BCUT2D eigenvalue weighted by molar-refractivity contribution is -0.159. The summed E-state index contributed by atoms with van der Waals surface area (Å²) in [7, 11) is 0. The standard InChI is InChI=1S/C17H16F3NO.C2H2O4/c18-17(19,20)13-5-7-14(8-6-13)22-16-11-21-10-9-12-3-1-2-4-15(12)16;3-1(4)2(5)6/h1-8,16,21H,9-11H2;(H,3,4)(H,5,6). The summed E-state index contributed by atoms with van der Waals surface area (Å²) in [6, 6.07) is 12.8. The minimum atomic E-state index is -4.32. The lowest BCUT2D eigenvalue weighted by Gasteiger charge is -2.20. The molecule has 0 saturated heterocycles. The number of benzene rings is 2. The molecule has 0 fully saturated rings. The highest BCUT2D eigenvalue weighted by molar-refractivity contribution is 6.27. The van der Waals surface area contributed by atoms with Gasteiger partial charge in [0.15, 0.2) is 0 Å². The Kier molecular flexibility index (Phi) is 7.00. The third-order valence-electron chi connectivity index (χ3n) is 3.95. The third kappa shape index (κ3) is 5.98. The number of ether oxygens (including phenoxy) is 1. The maximum absolute atomic E-state index is 12.6. The molecule has 3 N–H and O–H groups in total. The molecule has 6 nitrogen and oxygen atoms in total. The number of aliphatic carboxylic acids is 2. The molecule has 1 atom stereocenters. The van der Waals surface area contributed by atoms with Crippen LogP contribution >= 0.6 is 0 Å². The zero-order valence-electron chi connectivity index (χ0n) is 14.6. The molecule has 2 aromatic rings. The van der Waals surface area contributed by atoms with E-state index in [0.717, 1.165) is 30.7 Å². The van der Waals surface area contributed by atoms with Crippen molar-refractivity contribution in [3.05, 3.63) is 65.2 Å². The normalized spacial score (nSPS) is 16.0. The molecule has 2 aromatic carbocycles. The number of alkyl halides is 3. The Hall–Kier alpha value is -3.07. The van der Waals surface area contributed by atoms with E-state index >= 15 is 0 Å². The molecule has 1 unspecified atom stereocenters. The Morgan fingerprint density at radius 3 is 2.18 bits per heavy atom. The van der Waals surface area contributed by atoms with Gasteiger partial charge in [0.05, 0.1) is 5.56 Å². The van der Waals surface area contributed by atoms with Crippen molar-refractivity contribution in [3.8, 4) is 5.75 Å². The molecule has 1 aliphatic rings. The predicted molar refractivity (Wildman–Crippen MR) is 93.1 cm³/mol. The van der Waals surface area contributed by atoms with E-state index in [1.807, 2.05) is 18.2 Å². The van der Waals surface area contributed by atoms with Gasteiger partial charge < -0.3 is 20.3 Å². The second kappa shape index (κ2) is 9.23. The van der Waals surface area contributed by atoms with Crippen LogP contribution in [0.4, 0.5) is 13.2 Å². The first-order valence-electron chi connectivity index (χ1n) is 8.27. The van der Waals surface area contributed by atoms with Gasteiger partial charge >= 0.3 is 18.1 Å². The van der Waals surface area contributed by atoms with Gasteiger partial charge in [0.25, 0.3) is 0 Å². The summed E-state index contributed by atoms with van der Waals surface area (Å²) < 4.78 is 43.6. The molecule has 150 valence electrons. The second-order valence-electron chi connectivity index (χ2n) is 5.89. The smallest absolute Gasteiger partial charge is 0.416 e. The van der Waals surface area contributed by atoms with Gasteiger partial charge in [-0.25, -0.2) is 9.59 Å². The molecule has 0 spiro atoms. The summed E-state index contributed by atoms with van der Waals surface area (Å²) in [6.07, 6.45) is -3.60. The average molecular weight is 397 g/mol. The quantitative estimate of drug-likeness (QED) is 0.674. The Balaban J connectivity index is 0.000000409. The highest BCUT2D eigenvalue weighted by Gasteiger charge is 2.30. The zero-order valence-corrected chi connectivity index (χ0v) is 14.6. The summed E-state index contributed by atoms with van der Waals surface area (Å²) >= 11 is 0. The first-order chi connectivity index (χ1) is 13.2. The lowest BCUT2D eigenvalue weighted by atomic mass is 10.0. The molecule has 9 heteroatoms. The molecule has 1 heterocycles. The molecule has 1 aliphatic heterocycles. The number of fused-ring (bicyclic) bond motifs is 1. The molecule has 0 radical (unpaired) electrons. The molecule has 0 aliphatic carbocycles. The number of carboxylic acids is 2. The van der Waals surface area contributed by atoms with E-state index in [1.54, 1.807) is 0 Å². The number of nitrogens with one attached hydrogen (secondary N) is 1. The van der Waals surface area contributed by atoms with E-state index in [2.05, 4.69) is 11.4 Å². The topological polar surface area (TPSA) is 95.9 Å². The lowest BCUT2D eigenvalue weighted by Crippen LogP contribution is -2.23. The summed E-state index contributed by atoms with van der Waals surface area (Å²) in [5.41, 5.74) is 1.64. The number of carboxylic acid groups (broad SMARTS) is 2. The van der Waals surface area contributed by atoms with Crippen molar-refractivity contribution >= 4 is 11.9 Å². The summed E-state index contributed by atoms with van der Waals surface area (Å²) in [5, 5.41) is 18.1. The van der Waals surface area contributed by atoms with Crippen LogP contribution in [0, 0.1) is 0 Å². The second-order valence-corrected chi connectivity index (χ2v) is 5.89. The van der Waals surface area contributed by atoms with Crippen molar-refractivity contribution in [1.82, 2.24) is 5.32 Å². The van der Waals surface area contributed by atoms with E-state index in [0.29, 0.717) is 12.3 Å². The minimum absolute atomic E-state index is 0.199. The molecule has 0 saturated carbocycles. The van der Waals surface area contributed by atoms with Gasteiger partial charge in [-0.2, -0.15) is 13.2 Å². The van der Waals surface area contributed by atoms with E-state index in [4.69, 9.17) is 24.5 Å². The fraction of sp³-hybridized carbons (Fsp3) is 0.263. The van der Waals surface area contributed by atoms with Crippen LogP contribution < -0.4 is 10.1 Å². The van der Waals surface area contributed by atoms with E-state index in [-0.39, 0.29) is 6.10 Å². The molecule has 3 rings (SSSR count). The molecule has 28 heavy (non-hydrogen) atoms. The largest absolute Gasteiger partial charge is 0.484 e. The van der Waals surface area contributed by atoms with Crippen LogP contribution in [0.25, 0.3) is 0 Å². The van der Waals surface area contributed by atoms with Gasteiger partial charge in [-0.05, 0) is 48.4 Å². The highest BCUT2D eigenvalue weighted by Crippen LogP contribution is 2.32.